The lowest BCUT2D eigenvalue weighted by Crippen LogP contribution is -2.33. The van der Waals surface area contributed by atoms with Crippen LogP contribution in [0.5, 0.6) is 0 Å². The Morgan fingerprint density at radius 3 is 2.92 bits per heavy atom. The van der Waals surface area contributed by atoms with Gasteiger partial charge < -0.3 is 10.0 Å². The average molecular weight is 343 g/mol. The van der Waals surface area contributed by atoms with E-state index in [0.29, 0.717) is 11.3 Å². The number of carbonyl (C=O) groups excluding carboxylic acids is 1. The summed E-state index contributed by atoms with van der Waals surface area (Å²) in [7, 11) is 0. The van der Waals surface area contributed by atoms with Crippen LogP contribution < -0.4 is 0 Å². The van der Waals surface area contributed by atoms with Crippen LogP contribution in [0.3, 0.4) is 0 Å². The SMILES string of the molecule is O=C(c1cccc2nccn12)N1CC(O)CC1c1cc(F)ccc1F. The highest BCUT2D eigenvalue weighted by Crippen LogP contribution is 2.35. The zero-order valence-electron chi connectivity index (χ0n) is 13.1. The van der Waals surface area contributed by atoms with Crippen molar-refractivity contribution in [2.24, 2.45) is 0 Å². The number of hydrogen-bond acceptors (Lipinski definition) is 3. The third-order valence-corrected chi connectivity index (χ3v) is 4.50. The summed E-state index contributed by atoms with van der Waals surface area (Å²) in [6.07, 6.45) is 2.60. The molecule has 25 heavy (non-hydrogen) atoms. The van der Waals surface area contributed by atoms with Crippen molar-refractivity contribution < 1.29 is 18.7 Å². The molecule has 5 nitrogen and oxygen atoms in total. The molecule has 1 amide bonds. The number of aromatic nitrogens is 2. The molecular weight excluding hydrogens is 328 g/mol. The lowest BCUT2D eigenvalue weighted by molar-refractivity contribution is 0.0706. The van der Waals surface area contributed by atoms with E-state index >= 15 is 0 Å². The number of fused-ring (bicyclic) bond motifs is 1. The first-order valence-electron chi connectivity index (χ1n) is 7.90. The van der Waals surface area contributed by atoms with Crippen LogP contribution in [-0.4, -0.2) is 37.9 Å². The van der Waals surface area contributed by atoms with Gasteiger partial charge in [-0.2, -0.15) is 0 Å². The third kappa shape index (κ3) is 2.66. The molecular formula is C18H15F2N3O2. The minimum atomic E-state index is -0.793. The minimum absolute atomic E-state index is 0.0601. The van der Waals surface area contributed by atoms with Crippen LogP contribution in [0.25, 0.3) is 5.65 Å². The fourth-order valence-corrected chi connectivity index (χ4v) is 3.37. The topological polar surface area (TPSA) is 57.8 Å². The minimum Gasteiger partial charge on any atom is -0.391 e. The second-order valence-corrected chi connectivity index (χ2v) is 6.10. The standard InChI is InChI=1S/C18H15F2N3O2/c19-11-4-5-14(20)13(8-11)16-9-12(24)10-23(16)18(25)15-2-1-3-17-21-6-7-22(15)17/h1-8,12,16,24H,9-10H2. The Morgan fingerprint density at radius 1 is 1.24 bits per heavy atom. The summed E-state index contributed by atoms with van der Waals surface area (Å²) in [6, 6.07) is 7.53. The molecule has 0 aliphatic carbocycles. The number of nitrogens with zero attached hydrogens (tertiary/aromatic N) is 3. The maximum atomic E-state index is 14.2. The van der Waals surface area contributed by atoms with Gasteiger partial charge in [0.25, 0.3) is 5.91 Å². The van der Waals surface area contributed by atoms with E-state index in [9.17, 15) is 18.7 Å². The summed E-state index contributed by atoms with van der Waals surface area (Å²) in [5.74, 6) is -1.55. The van der Waals surface area contributed by atoms with E-state index in [1.54, 1.807) is 35.0 Å². The van der Waals surface area contributed by atoms with Crippen molar-refractivity contribution in [3.8, 4) is 0 Å². The summed E-state index contributed by atoms with van der Waals surface area (Å²) < 4.78 is 29.4. The molecule has 2 unspecified atom stereocenters. The van der Waals surface area contributed by atoms with E-state index in [-0.39, 0.29) is 24.4 Å². The van der Waals surface area contributed by atoms with Gasteiger partial charge >= 0.3 is 0 Å². The fourth-order valence-electron chi connectivity index (χ4n) is 3.37. The summed E-state index contributed by atoms with van der Waals surface area (Å²) >= 11 is 0. The molecule has 1 aliphatic rings. The first-order valence-corrected chi connectivity index (χ1v) is 7.90. The number of amides is 1. The van der Waals surface area contributed by atoms with E-state index in [0.717, 1.165) is 18.2 Å². The summed E-state index contributed by atoms with van der Waals surface area (Å²) in [6.45, 7) is 0.0601. The van der Waals surface area contributed by atoms with Gasteiger partial charge in [-0.3, -0.25) is 9.20 Å². The molecule has 0 spiro atoms. The predicted octanol–water partition coefficient (Wildman–Crippen LogP) is 2.56. The lowest BCUT2D eigenvalue weighted by Gasteiger charge is -2.25. The van der Waals surface area contributed by atoms with E-state index in [2.05, 4.69) is 4.98 Å². The molecule has 1 N–H and O–H groups in total. The van der Waals surface area contributed by atoms with E-state index < -0.39 is 23.8 Å². The Morgan fingerprint density at radius 2 is 2.08 bits per heavy atom. The van der Waals surface area contributed by atoms with E-state index in [4.69, 9.17) is 0 Å². The Kier molecular flexibility index (Phi) is 3.73. The lowest BCUT2D eigenvalue weighted by atomic mass is 10.0. The quantitative estimate of drug-likeness (QED) is 0.778. The molecule has 3 aromatic rings. The van der Waals surface area contributed by atoms with Gasteiger partial charge in [-0.05, 0) is 36.8 Å². The molecule has 128 valence electrons. The number of likely N-dealkylation sites (tertiary alicyclic amines) is 1. The zero-order chi connectivity index (χ0) is 17.6. The largest absolute Gasteiger partial charge is 0.391 e. The van der Waals surface area contributed by atoms with Crippen LogP contribution in [-0.2, 0) is 0 Å². The van der Waals surface area contributed by atoms with Crippen molar-refractivity contribution >= 4 is 11.6 Å². The van der Waals surface area contributed by atoms with E-state index in [1.807, 2.05) is 0 Å². The maximum Gasteiger partial charge on any atom is 0.271 e. The molecule has 4 rings (SSSR count). The van der Waals surface area contributed by atoms with Crippen molar-refractivity contribution in [2.45, 2.75) is 18.6 Å². The summed E-state index contributed by atoms with van der Waals surface area (Å²) in [4.78, 5) is 18.6. The Balaban J connectivity index is 1.76. The smallest absolute Gasteiger partial charge is 0.271 e. The van der Waals surface area contributed by atoms with Crippen LogP contribution in [0, 0.1) is 11.6 Å². The number of rotatable bonds is 2. The second kappa shape index (κ2) is 5.93. The number of imidazole rings is 1. The third-order valence-electron chi connectivity index (χ3n) is 4.50. The van der Waals surface area contributed by atoms with Gasteiger partial charge in [0.05, 0.1) is 12.1 Å². The van der Waals surface area contributed by atoms with Gasteiger partial charge in [-0.15, -0.1) is 0 Å². The van der Waals surface area contributed by atoms with Gasteiger partial charge in [0.2, 0.25) is 0 Å². The van der Waals surface area contributed by atoms with Crippen LogP contribution in [0.15, 0.2) is 48.8 Å². The predicted molar refractivity (Wildman–Crippen MR) is 86.0 cm³/mol. The number of carbonyl (C=O) groups is 1. The fraction of sp³-hybridized carbons (Fsp3) is 0.222. The van der Waals surface area contributed by atoms with Crippen LogP contribution in [0.4, 0.5) is 8.78 Å². The summed E-state index contributed by atoms with van der Waals surface area (Å²) in [5.41, 5.74) is 1.03. The average Bonchev–Trinajstić information content (AvgIpc) is 3.22. The first kappa shape index (κ1) is 15.7. The summed E-state index contributed by atoms with van der Waals surface area (Å²) in [5, 5.41) is 10.0. The highest BCUT2D eigenvalue weighted by molar-refractivity contribution is 5.93. The molecule has 3 heterocycles. The molecule has 2 atom stereocenters. The van der Waals surface area contributed by atoms with Crippen molar-refractivity contribution in [3.63, 3.8) is 0 Å². The van der Waals surface area contributed by atoms with Crippen LogP contribution in [0.1, 0.15) is 28.5 Å². The number of aliphatic hydroxyl groups excluding tert-OH is 1. The molecule has 1 fully saturated rings. The first-order chi connectivity index (χ1) is 12.0. The number of pyridine rings is 1. The Labute approximate surface area is 142 Å². The van der Waals surface area contributed by atoms with Crippen LogP contribution >= 0.6 is 0 Å². The molecule has 2 aromatic heterocycles. The van der Waals surface area contributed by atoms with Gasteiger partial charge in [-0.25, -0.2) is 13.8 Å². The molecule has 1 saturated heterocycles. The monoisotopic (exact) mass is 343 g/mol. The van der Waals surface area contributed by atoms with Gasteiger partial charge in [-0.1, -0.05) is 6.07 Å². The molecule has 0 bridgehead atoms. The highest BCUT2D eigenvalue weighted by atomic mass is 19.1. The Hall–Kier alpha value is -2.80. The number of hydrogen-bond donors (Lipinski definition) is 1. The Bertz CT molecular complexity index is 956. The molecule has 0 radical (unpaired) electrons. The van der Waals surface area contributed by atoms with Crippen molar-refractivity contribution in [1.29, 1.82) is 0 Å². The maximum absolute atomic E-state index is 14.2. The molecule has 1 aliphatic heterocycles. The van der Waals surface area contributed by atoms with Crippen LogP contribution in [0.2, 0.25) is 0 Å². The number of β-amino-alcohol motifs (C(OH)–C–C–N with tert-alkyl or cyclic N) is 1. The molecule has 1 aromatic carbocycles. The van der Waals surface area contributed by atoms with Gasteiger partial charge in [0.1, 0.15) is 23.0 Å². The normalized spacial score (nSPS) is 20.4. The van der Waals surface area contributed by atoms with Crippen molar-refractivity contribution in [1.82, 2.24) is 14.3 Å². The van der Waals surface area contributed by atoms with Crippen molar-refractivity contribution in [3.05, 3.63) is 71.7 Å². The zero-order valence-corrected chi connectivity index (χ0v) is 13.1. The van der Waals surface area contributed by atoms with Gasteiger partial charge in [0, 0.05) is 24.5 Å². The second-order valence-electron chi connectivity index (χ2n) is 6.10. The van der Waals surface area contributed by atoms with E-state index in [1.165, 1.54) is 4.90 Å². The van der Waals surface area contributed by atoms with Gasteiger partial charge in [0.15, 0.2) is 0 Å². The number of halogens is 2. The van der Waals surface area contributed by atoms with Crippen molar-refractivity contribution in [2.75, 3.05) is 6.54 Å². The molecule has 7 heteroatoms. The number of benzene rings is 1. The number of aliphatic hydroxyl groups is 1. The molecule has 0 saturated carbocycles. The highest BCUT2D eigenvalue weighted by Gasteiger charge is 2.37.